The molecule has 0 amide bonds. The molecule has 0 radical (unpaired) electrons. The molecule has 0 saturated heterocycles. The Labute approximate surface area is 92.5 Å². The Morgan fingerprint density at radius 2 is 2.00 bits per heavy atom. The summed E-state index contributed by atoms with van der Waals surface area (Å²) >= 11 is 0. The lowest BCUT2D eigenvalue weighted by molar-refractivity contribution is 0.165. The predicted molar refractivity (Wildman–Crippen MR) is 65.6 cm³/mol. The molecule has 0 aliphatic carbocycles. The van der Waals surface area contributed by atoms with E-state index in [1.54, 1.807) is 0 Å². The highest BCUT2D eigenvalue weighted by Crippen LogP contribution is 2.07. The van der Waals surface area contributed by atoms with Gasteiger partial charge >= 0.3 is 0 Å². The summed E-state index contributed by atoms with van der Waals surface area (Å²) in [6.07, 6.45) is 7.87. The third-order valence-corrected chi connectivity index (χ3v) is 2.41. The van der Waals surface area contributed by atoms with Crippen molar-refractivity contribution >= 4 is 6.08 Å². The fourth-order valence-electron chi connectivity index (χ4n) is 1.48. The van der Waals surface area contributed by atoms with Gasteiger partial charge in [-0.05, 0) is 18.4 Å². The third-order valence-electron chi connectivity index (χ3n) is 2.41. The molecule has 0 aromatic heterocycles. The summed E-state index contributed by atoms with van der Waals surface area (Å²) in [5.41, 5.74) is 1.19. The van der Waals surface area contributed by atoms with Gasteiger partial charge in [-0.25, -0.2) is 0 Å². The van der Waals surface area contributed by atoms with Crippen LogP contribution in [0.3, 0.4) is 0 Å². The summed E-state index contributed by atoms with van der Waals surface area (Å²) in [6, 6.07) is 10.2. The summed E-state index contributed by atoms with van der Waals surface area (Å²) in [5.74, 6) is 0. The molecular weight excluding hydrogens is 184 g/mol. The molecule has 82 valence electrons. The zero-order chi connectivity index (χ0) is 10.9. The molecule has 1 N–H and O–H groups in total. The summed E-state index contributed by atoms with van der Waals surface area (Å²) in [7, 11) is 0. The van der Waals surface area contributed by atoms with Crippen molar-refractivity contribution in [3.05, 3.63) is 42.0 Å². The summed E-state index contributed by atoms with van der Waals surface area (Å²) in [4.78, 5) is 0. The summed E-state index contributed by atoms with van der Waals surface area (Å²) < 4.78 is 0. The second kappa shape index (κ2) is 7.24. The standard InChI is InChI=1S/C14H20O/c1-2-3-11-14(15)12-7-10-13-8-5-4-6-9-13/h4-10,14-15H,2-3,11-12H2,1H3/b10-7+. The largest absolute Gasteiger partial charge is 0.393 e. The lowest BCUT2D eigenvalue weighted by Gasteiger charge is -2.05. The van der Waals surface area contributed by atoms with Crippen molar-refractivity contribution < 1.29 is 5.11 Å². The smallest absolute Gasteiger partial charge is 0.0574 e. The minimum Gasteiger partial charge on any atom is -0.393 e. The molecule has 1 nitrogen and oxygen atoms in total. The maximum atomic E-state index is 9.61. The lowest BCUT2D eigenvalue weighted by Crippen LogP contribution is -2.03. The first-order valence-electron chi connectivity index (χ1n) is 5.72. The molecule has 0 spiro atoms. The first-order valence-corrected chi connectivity index (χ1v) is 5.72. The van der Waals surface area contributed by atoms with Gasteiger partial charge in [0.15, 0.2) is 0 Å². The van der Waals surface area contributed by atoms with Gasteiger partial charge in [0, 0.05) is 0 Å². The van der Waals surface area contributed by atoms with Crippen LogP contribution in [0.1, 0.15) is 38.2 Å². The van der Waals surface area contributed by atoms with E-state index in [4.69, 9.17) is 0 Å². The van der Waals surface area contributed by atoms with Crippen molar-refractivity contribution in [3.63, 3.8) is 0 Å². The minimum absolute atomic E-state index is 0.176. The first kappa shape index (κ1) is 12.0. The molecule has 0 aliphatic rings. The summed E-state index contributed by atoms with van der Waals surface area (Å²) in [6.45, 7) is 2.15. The average Bonchev–Trinajstić information content (AvgIpc) is 2.28. The number of rotatable bonds is 6. The molecule has 0 aliphatic heterocycles. The van der Waals surface area contributed by atoms with Crippen LogP contribution in [0.5, 0.6) is 0 Å². The van der Waals surface area contributed by atoms with E-state index in [0.29, 0.717) is 0 Å². The van der Waals surface area contributed by atoms with Crippen LogP contribution < -0.4 is 0 Å². The van der Waals surface area contributed by atoms with Crippen LogP contribution >= 0.6 is 0 Å². The molecule has 1 heteroatoms. The second-order valence-corrected chi connectivity index (χ2v) is 3.84. The lowest BCUT2D eigenvalue weighted by atomic mass is 10.1. The molecule has 15 heavy (non-hydrogen) atoms. The van der Waals surface area contributed by atoms with Gasteiger partial charge in [-0.15, -0.1) is 0 Å². The number of aliphatic hydroxyl groups is 1. The van der Waals surface area contributed by atoms with Crippen molar-refractivity contribution in [2.45, 2.75) is 38.7 Å². The number of aliphatic hydroxyl groups excluding tert-OH is 1. The van der Waals surface area contributed by atoms with Crippen LogP contribution in [0, 0.1) is 0 Å². The van der Waals surface area contributed by atoms with Gasteiger partial charge in [-0.1, -0.05) is 62.2 Å². The molecule has 0 saturated carbocycles. The van der Waals surface area contributed by atoms with E-state index in [1.807, 2.05) is 18.2 Å². The van der Waals surface area contributed by atoms with Crippen molar-refractivity contribution in [1.29, 1.82) is 0 Å². The van der Waals surface area contributed by atoms with Crippen LogP contribution in [-0.4, -0.2) is 11.2 Å². The normalized spacial score (nSPS) is 13.2. The van der Waals surface area contributed by atoms with Crippen molar-refractivity contribution in [2.75, 3.05) is 0 Å². The van der Waals surface area contributed by atoms with Crippen LogP contribution in [-0.2, 0) is 0 Å². The maximum Gasteiger partial charge on any atom is 0.0574 e. The highest BCUT2D eigenvalue weighted by molar-refractivity contribution is 5.48. The topological polar surface area (TPSA) is 20.2 Å². The van der Waals surface area contributed by atoms with Gasteiger partial charge < -0.3 is 5.11 Å². The Bertz CT molecular complexity index is 277. The Morgan fingerprint density at radius 3 is 2.67 bits per heavy atom. The zero-order valence-corrected chi connectivity index (χ0v) is 9.39. The Kier molecular flexibility index (Phi) is 5.79. The molecule has 1 aromatic carbocycles. The number of hydrogen-bond acceptors (Lipinski definition) is 1. The molecular formula is C14H20O. The summed E-state index contributed by atoms with van der Waals surface area (Å²) in [5, 5.41) is 9.61. The molecule has 0 heterocycles. The molecule has 1 atom stereocenters. The van der Waals surface area contributed by atoms with E-state index in [1.165, 1.54) is 5.56 Å². The SMILES string of the molecule is CCCCC(O)C/C=C/c1ccccc1. The molecule has 1 unspecified atom stereocenters. The quantitative estimate of drug-likeness (QED) is 0.750. The van der Waals surface area contributed by atoms with Gasteiger partial charge in [0.2, 0.25) is 0 Å². The second-order valence-electron chi connectivity index (χ2n) is 3.84. The van der Waals surface area contributed by atoms with Crippen LogP contribution in [0.15, 0.2) is 36.4 Å². The fraction of sp³-hybridized carbons (Fsp3) is 0.429. The average molecular weight is 204 g/mol. The highest BCUT2D eigenvalue weighted by atomic mass is 16.3. The van der Waals surface area contributed by atoms with Gasteiger partial charge in [0.1, 0.15) is 0 Å². The van der Waals surface area contributed by atoms with E-state index < -0.39 is 0 Å². The number of hydrogen-bond donors (Lipinski definition) is 1. The van der Waals surface area contributed by atoms with E-state index in [9.17, 15) is 5.11 Å². The van der Waals surface area contributed by atoms with Crippen LogP contribution in [0.2, 0.25) is 0 Å². The number of unbranched alkanes of at least 4 members (excludes halogenated alkanes) is 1. The fourth-order valence-corrected chi connectivity index (χ4v) is 1.48. The van der Waals surface area contributed by atoms with Crippen LogP contribution in [0.25, 0.3) is 6.08 Å². The van der Waals surface area contributed by atoms with Gasteiger partial charge in [-0.2, -0.15) is 0 Å². The van der Waals surface area contributed by atoms with Gasteiger partial charge in [-0.3, -0.25) is 0 Å². The van der Waals surface area contributed by atoms with E-state index in [2.05, 4.69) is 31.2 Å². The van der Waals surface area contributed by atoms with Gasteiger partial charge in [0.05, 0.1) is 6.10 Å². The molecule has 0 fully saturated rings. The highest BCUT2D eigenvalue weighted by Gasteiger charge is 1.99. The van der Waals surface area contributed by atoms with Crippen molar-refractivity contribution in [2.24, 2.45) is 0 Å². The molecule has 1 aromatic rings. The van der Waals surface area contributed by atoms with Crippen molar-refractivity contribution in [3.8, 4) is 0 Å². The number of benzene rings is 1. The maximum absolute atomic E-state index is 9.61. The predicted octanol–water partition coefficient (Wildman–Crippen LogP) is 3.64. The van der Waals surface area contributed by atoms with Gasteiger partial charge in [0.25, 0.3) is 0 Å². The van der Waals surface area contributed by atoms with Crippen molar-refractivity contribution in [1.82, 2.24) is 0 Å². The molecule has 1 rings (SSSR count). The van der Waals surface area contributed by atoms with Crippen LogP contribution in [0.4, 0.5) is 0 Å². The monoisotopic (exact) mass is 204 g/mol. The Balaban J connectivity index is 2.27. The third kappa shape index (κ3) is 5.38. The van der Waals surface area contributed by atoms with E-state index in [-0.39, 0.29) is 6.10 Å². The minimum atomic E-state index is -0.176. The Morgan fingerprint density at radius 1 is 1.27 bits per heavy atom. The van der Waals surface area contributed by atoms with E-state index in [0.717, 1.165) is 25.7 Å². The Hall–Kier alpha value is -1.08. The zero-order valence-electron chi connectivity index (χ0n) is 9.39. The van der Waals surface area contributed by atoms with E-state index >= 15 is 0 Å². The first-order chi connectivity index (χ1) is 7.33. The molecule has 0 bridgehead atoms.